The molecule has 0 aliphatic carbocycles. The predicted octanol–water partition coefficient (Wildman–Crippen LogP) is 2.48. The lowest BCUT2D eigenvalue weighted by molar-refractivity contribution is 0.215. The lowest BCUT2D eigenvalue weighted by atomic mass is 9.87. The van der Waals surface area contributed by atoms with E-state index in [4.69, 9.17) is 0 Å². The molecule has 1 spiro atoms. The number of aromatic nitrogens is 2. The zero-order valence-corrected chi connectivity index (χ0v) is 13.7. The SMILES string of the molecule is O=C(Nc1nnc(-c2ccsc2)s1)N1CCC2(CCNC2)C1. The van der Waals surface area contributed by atoms with Crippen molar-refractivity contribution < 1.29 is 4.79 Å². The van der Waals surface area contributed by atoms with Gasteiger partial charge in [0.25, 0.3) is 0 Å². The maximum Gasteiger partial charge on any atom is 0.323 e. The van der Waals surface area contributed by atoms with E-state index in [9.17, 15) is 4.79 Å². The third-order valence-electron chi connectivity index (χ3n) is 4.46. The Labute approximate surface area is 136 Å². The summed E-state index contributed by atoms with van der Waals surface area (Å²) in [5.74, 6) is 0. The zero-order chi connectivity index (χ0) is 15.0. The maximum atomic E-state index is 12.4. The lowest BCUT2D eigenvalue weighted by Crippen LogP contribution is -2.36. The number of anilines is 1. The normalized spacial score (nSPS) is 24.3. The summed E-state index contributed by atoms with van der Waals surface area (Å²) in [6.45, 7) is 3.75. The smallest absolute Gasteiger partial charge is 0.323 e. The fraction of sp³-hybridized carbons (Fsp3) is 0.500. The molecule has 116 valence electrons. The first-order valence-corrected chi connectivity index (χ1v) is 9.13. The topological polar surface area (TPSA) is 70.2 Å². The molecule has 4 heterocycles. The minimum atomic E-state index is -0.0585. The average molecular weight is 335 g/mol. The van der Waals surface area contributed by atoms with Crippen molar-refractivity contribution in [2.75, 3.05) is 31.5 Å². The Morgan fingerprint density at radius 3 is 3.14 bits per heavy atom. The molecule has 4 rings (SSSR count). The van der Waals surface area contributed by atoms with E-state index in [0.717, 1.165) is 49.6 Å². The molecule has 2 saturated heterocycles. The third kappa shape index (κ3) is 2.62. The molecular weight excluding hydrogens is 318 g/mol. The molecule has 8 heteroatoms. The van der Waals surface area contributed by atoms with Crippen molar-refractivity contribution in [3.63, 3.8) is 0 Å². The van der Waals surface area contributed by atoms with Gasteiger partial charge in [-0.25, -0.2) is 4.79 Å². The fourth-order valence-corrected chi connectivity index (χ4v) is 4.64. The van der Waals surface area contributed by atoms with Crippen LogP contribution < -0.4 is 10.6 Å². The van der Waals surface area contributed by atoms with Crippen LogP contribution in [0.4, 0.5) is 9.93 Å². The van der Waals surface area contributed by atoms with Gasteiger partial charge >= 0.3 is 6.03 Å². The summed E-state index contributed by atoms with van der Waals surface area (Å²) in [7, 11) is 0. The summed E-state index contributed by atoms with van der Waals surface area (Å²) >= 11 is 3.04. The fourth-order valence-electron chi connectivity index (χ4n) is 3.20. The van der Waals surface area contributed by atoms with Crippen LogP contribution in [0.3, 0.4) is 0 Å². The van der Waals surface area contributed by atoms with Crippen LogP contribution in [0.15, 0.2) is 16.8 Å². The van der Waals surface area contributed by atoms with E-state index in [2.05, 4.69) is 20.8 Å². The number of amides is 2. The molecule has 22 heavy (non-hydrogen) atoms. The van der Waals surface area contributed by atoms with Crippen molar-refractivity contribution in [3.8, 4) is 10.6 Å². The van der Waals surface area contributed by atoms with E-state index in [1.807, 2.05) is 21.7 Å². The van der Waals surface area contributed by atoms with Gasteiger partial charge in [-0.3, -0.25) is 5.32 Å². The van der Waals surface area contributed by atoms with Crippen molar-refractivity contribution in [3.05, 3.63) is 16.8 Å². The van der Waals surface area contributed by atoms with Crippen LogP contribution in [0.5, 0.6) is 0 Å². The highest BCUT2D eigenvalue weighted by molar-refractivity contribution is 7.19. The average Bonchev–Trinajstić information content (AvgIpc) is 3.27. The predicted molar refractivity (Wildman–Crippen MR) is 88.4 cm³/mol. The summed E-state index contributed by atoms with van der Waals surface area (Å²) in [6, 6.07) is 1.95. The van der Waals surface area contributed by atoms with Gasteiger partial charge in [-0.05, 0) is 30.8 Å². The molecule has 2 aromatic rings. The van der Waals surface area contributed by atoms with E-state index in [1.165, 1.54) is 11.3 Å². The summed E-state index contributed by atoms with van der Waals surface area (Å²) in [5, 5.41) is 20.0. The van der Waals surface area contributed by atoms with Gasteiger partial charge in [0, 0.05) is 36.0 Å². The number of hydrogen-bond donors (Lipinski definition) is 2. The van der Waals surface area contributed by atoms with Crippen LogP contribution in [0.1, 0.15) is 12.8 Å². The highest BCUT2D eigenvalue weighted by Crippen LogP contribution is 2.36. The molecule has 2 aromatic heterocycles. The highest BCUT2D eigenvalue weighted by Gasteiger charge is 2.41. The molecular formula is C14H17N5OS2. The highest BCUT2D eigenvalue weighted by atomic mass is 32.1. The first kappa shape index (κ1) is 14.1. The molecule has 0 radical (unpaired) electrons. The standard InChI is InChI=1S/C14H17N5OS2/c20-13(19-5-3-14(9-19)2-4-15-8-14)16-12-18-17-11(22-12)10-1-6-21-7-10/h1,6-7,15H,2-5,8-9H2,(H,16,18,20). The van der Waals surface area contributed by atoms with Gasteiger partial charge in [0.15, 0.2) is 0 Å². The first-order valence-electron chi connectivity index (χ1n) is 7.37. The minimum Gasteiger partial charge on any atom is -0.324 e. The number of hydrogen-bond acceptors (Lipinski definition) is 6. The van der Waals surface area contributed by atoms with E-state index in [-0.39, 0.29) is 6.03 Å². The molecule has 0 saturated carbocycles. The molecule has 2 aliphatic heterocycles. The van der Waals surface area contributed by atoms with E-state index in [1.54, 1.807) is 11.3 Å². The van der Waals surface area contributed by atoms with E-state index in [0.29, 0.717) is 10.5 Å². The van der Waals surface area contributed by atoms with E-state index < -0.39 is 0 Å². The molecule has 0 bridgehead atoms. The monoisotopic (exact) mass is 335 g/mol. The Bertz CT molecular complexity index is 663. The van der Waals surface area contributed by atoms with Crippen molar-refractivity contribution in [2.45, 2.75) is 12.8 Å². The van der Waals surface area contributed by atoms with Crippen LogP contribution in [-0.2, 0) is 0 Å². The number of rotatable bonds is 2. The molecule has 2 amide bonds. The summed E-state index contributed by atoms with van der Waals surface area (Å²) in [4.78, 5) is 14.3. The Morgan fingerprint density at radius 2 is 2.36 bits per heavy atom. The second-order valence-corrected chi connectivity index (χ2v) is 7.71. The number of carbonyl (C=O) groups is 1. The maximum absolute atomic E-state index is 12.4. The number of nitrogens with zero attached hydrogens (tertiary/aromatic N) is 3. The van der Waals surface area contributed by atoms with Crippen molar-refractivity contribution in [1.82, 2.24) is 20.4 Å². The summed E-state index contributed by atoms with van der Waals surface area (Å²) < 4.78 is 0. The minimum absolute atomic E-state index is 0.0585. The van der Waals surface area contributed by atoms with Gasteiger partial charge in [0.1, 0.15) is 5.01 Å². The van der Waals surface area contributed by atoms with Crippen LogP contribution in [0.25, 0.3) is 10.6 Å². The van der Waals surface area contributed by atoms with Crippen molar-refractivity contribution >= 4 is 33.8 Å². The van der Waals surface area contributed by atoms with E-state index >= 15 is 0 Å². The number of thiophene rings is 1. The van der Waals surface area contributed by atoms with Gasteiger partial charge < -0.3 is 10.2 Å². The Hall–Kier alpha value is -1.51. The molecule has 2 aliphatic rings. The third-order valence-corrected chi connectivity index (χ3v) is 6.04. The second kappa shape index (κ2) is 5.60. The Balaban J connectivity index is 1.40. The molecule has 2 fully saturated rings. The zero-order valence-electron chi connectivity index (χ0n) is 12.0. The largest absolute Gasteiger partial charge is 0.324 e. The lowest BCUT2D eigenvalue weighted by Gasteiger charge is -2.22. The van der Waals surface area contributed by atoms with Gasteiger partial charge in [0.05, 0.1) is 0 Å². The molecule has 1 unspecified atom stereocenters. The van der Waals surface area contributed by atoms with Crippen LogP contribution in [0, 0.1) is 5.41 Å². The molecule has 2 N–H and O–H groups in total. The molecule has 6 nitrogen and oxygen atoms in total. The number of nitrogens with one attached hydrogen (secondary N) is 2. The number of carbonyl (C=O) groups excluding carboxylic acids is 1. The van der Waals surface area contributed by atoms with Crippen LogP contribution in [0.2, 0.25) is 0 Å². The molecule has 0 aromatic carbocycles. The molecule has 1 atom stereocenters. The van der Waals surface area contributed by atoms with Crippen molar-refractivity contribution in [1.29, 1.82) is 0 Å². The second-order valence-electron chi connectivity index (χ2n) is 5.95. The van der Waals surface area contributed by atoms with Crippen LogP contribution >= 0.6 is 22.7 Å². The number of likely N-dealkylation sites (tertiary alicyclic amines) is 1. The van der Waals surface area contributed by atoms with Gasteiger partial charge in [-0.1, -0.05) is 11.3 Å². The number of urea groups is 1. The van der Waals surface area contributed by atoms with Gasteiger partial charge in [0.2, 0.25) is 5.13 Å². The first-order chi connectivity index (χ1) is 10.7. The van der Waals surface area contributed by atoms with Crippen LogP contribution in [-0.4, -0.2) is 47.3 Å². The summed E-state index contributed by atoms with van der Waals surface area (Å²) in [6.07, 6.45) is 2.25. The van der Waals surface area contributed by atoms with Gasteiger partial charge in [-0.2, -0.15) is 11.3 Å². The summed E-state index contributed by atoms with van der Waals surface area (Å²) in [5.41, 5.74) is 1.35. The van der Waals surface area contributed by atoms with Crippen molar-refractivity contribution in [2.24, 2.45) is 5.41 Å². The Kier molecular flexibility index (Phi) is 3.59. The Morgan fingerprint density at radius 1 is 1.41 bits per heavy atom. The van der Waals surface area contributed by atoms with Gasteiger partial charge in [-0.15, -0.1) is 10.2 Å². The quantitative estimate of drug-likeness (QED) is 0.884.